The molecule has 5 heteroatoms. The monoisotopic (exact) mass is 357 g/mol. The van der Waals surface area contributed by atoms with Crippen molar-refractivity contribution in [1.29, 1.82) is 0 Å². The van der Waals surface area contributed by atoms with Gasteiger partial charge in [-0.25, -0.2) is 0 Å². The van der Waals surface area contributed by atoms with Crippen LogP contribution in [-0.4, -0.2) is 42.2 Å². The van der Waals surface area contributed by atoms with E-state index in [2.05, 4.69) is 39.5 Å². The first kappa shape index (κ1) is 18.4. The smallest absolute Gasteiger partial charge is 0.0545 e. The average Bonchev–Trinajstić information content (AvgIpc) is 2.69. The molecule has 2 fully saturated rings. The van der Waals surface area contributed by atoms with Gasteiger partial charge in [-0.15, -0.1) is 0 Å². The minimum absolute atomic E-state index is 0.569. The zero-order chi connectivity index (χ0) is 17.6. The predicted octanol–water partition coefficient (Wildman–Crippen LogP) is 2.08. The number of nitrogens with zero attached hydrogens (tertiary/aromatic N) is 1. The van der Waals surface area contributed by atoms with Crippen molar-refractivity contribution in [2.24, 2.45) is 0 Å². The SMILES string of the molecule is c1cc2nc(c1)CN[C@H]1CCCC[C@H]1NCCN[C@@H]1CCCC[C@@H]1NC2. The fourth-order valence-electron chi connectivity index (χ4n) is 4.95. The molecule has 2 aliphatic carbocycles. The van der Waals surface area contributed by atoms with E-state index in [0.717, 1.165) is 26.2 Å². The van der Waals surface area contributed by atoms with E-state index in [1.807, 2.05) is 0 Å². The molecular formula is C21H35N5. The number of hydrogen-bond donors (Lipinski definition) is 4. The third-order valence-corrected chi connectivity index (χ3v) is 6.43. The van der Waals surface area contributed by atoms with E-state index in [-0.39, 0.29) is 0 Å². The summed E-state index contributed by atoms with van der Waals surface area (Å²) in [5.74, 6) is 0. The summed E-state index contributed by atoms with van der Waals surface area (Å²) >= 11 is 0. The van der Waals surface area contributed by atoms with Crippen molar-refractivity contribution in [3.8, 4) is 0 Å². The summed E-state index contributed by atoms with van der Waals surface area (Å²) in [6.07, 6.45) is 10.5. The Morgan fingerprint density at radius 3 is 1.50 bits per heavy atom. The molecule has 1 aliphatic heterocycles. The summed E-state index contributed by atoms with van der Waals surface area (Å²) in [5.41, 5.74) is 2.34. The van der Waals surface area contributed by atoms with Crippen molar-refractivity contribution in [1.82, 2.24) is 26.3 Å². The molecule has 1 aromatic heterocycles. The molecule has 26 heavy (non-hydrogen) atoms. The van der Waals surface area contributed by atoms with Crippen LogP contribution in [0.3, 0.4) is 0 Å². The number of pyridine rings is 1. The van der Waals surface area contributed by atoms with E-state index >= 15 is 0 Å². The standard InChI is InChI=1S/C21H35N5/c1-3-10-20-18(8-1)22-12-13-23-19-9-2-4-11-21(19)25-15-17-7-5-6-16(26-17)14-24-20/h5-7,18-25H,1-4,8-15H2/t18-,19-,20+,21+/m1/s1. The number of hydrogen-bond acceptors (Lipinski definition) is 5. The highest BCUT2D eigenvalue weighted by Gasteiger charge is 2.26. The van der Waals surface area contributed by atoms with Crippen molar-refractivity contribution in [2.45, 2.75) is 88.6 Å². The van der Waals surface area contributed by atoms with E-state index in [4.69, 9.17) is 4.98 Å². The molecule has 2 heterocycles. The van der Waals surface area contributed by atoms with Gasteiger partial charge in [0.1, 0.15) is 0 Å². The molecule has 4 rings (SSSR count). The highest BCUT2D eigenvalue weighted by molar-refractivity contribution is 5.12. The largest absolute Gasteiger partial charge is 0.311 e. The Kier molecular flexibility index (Phi) is 6.54. The normalized spacial score (nSPS) is 34.0. The van der Waals surface area contributed by atoms with Crippen molar-refractivity contribution in [3.63, 3.8) is 0 Å². The second-order valence-corrected chi connectivity index (χ2v) is 8.29. The first-order valence-electron chi connectivity index (χ1n) is 10.8. The van der Waals surface area contributed by atoms with Gasteiger partial charge in [-0.2, -0.15) is 0 Å². The van der Waals surface area contributed by atoms with E-state index in [1.54, 1.807) is 0 Å². The third kappa shape index (κ3) is 4.83. The van der Waals surface area contributed by atoms with Crippen LogP contribution >= 0.6 is 0 Å². The van der Waals surface area contributed by atoms with Gasteiger partial charge in [-0.1, -0.05) is 31.7 Å². The van der Waals surface area contributed by atoms with Gasteiger partial charge in [0.25, 0.3) is 0 Å². The lowest BCUT2D eigenvalue weighted by Crippen LogP contribution is -2.53. The molecule has 3 aliphatic rings. The number of rotatable bonds is 0. The average molecular weight is 358 g/mol. The van der Waals surface area contributed by atoms with Crippen molar-refractivity contribution < 1.29 is 0 Å². The van der Waals surface area contributed by atoms with Crippen LogP contribution in [0.1, 0.15) is 62.8 Å². The van der Waals surface area contributed by atoms with Gasteiger partial charge in [0.05, 0.1) is 11.4 Å². The lowest BCUT2D eigenvalue weighted by atomic mass is 9.89. The van der Waals surface area contributed by atoms with Crippen LogP contribution < -0.4 is 21.3 Å². The highest BCUT2D eigenvalue weighted by atomic mass is 15.1. The van der Waals surface area contributed by atoms with E-state index in [0.29, 0.717) is 24.2 Å². The van der Waals surface area contributed by atoms with Gasteiger partial charge in [0.15, 0.2) is 0 Å². The van der Waals surface area contributed by atoms with Gasteiger partial charge in [-0.05, 0) is 37.8 Å². The minimum atomic E-state index is 0.569. The molecule has 1 aromatic rings. The molecular weight excluding hydrogens is 322 g/mol. The molecule has 0 unspecified atom stereocenters. The third-order valence-electron chi connectivity index (χ3n) is 6.43. The maximum atomic E-state index is 4.89. The van der Waals surface area contributed by atoms with Crippen LogP contribution in [0.25, 0.3) is 0 Å². The molecule has 0 amide bonds. The van der Waals surface area contributed by atoms with E-state index in [9.17, 15) is 0 Å². The molecule has 2 saturated carbocycles. The predicted molar refractivity (Wildman–Crippen MR) is 106 cm³/mol. The Hall–Kier alpha value is -1.01. The maximum absolute atomic E-state index is 4.89. The van der Waals surface area contributed by atoms with Gasteiger partial charge in [0.2, 0.25) is 0 Å². The Bertz CT molecular complexity index is 518. The molecule has 4 N–H and O–H groups in total. The van der Waals surface area contributed by atoms with Crippen LogP contribution in [0.5, 0.6) is 0 Å². The van der Waals surface area contributed by atoms with Crippen LogP contribution in [-0.2, 0) is 13.1 Å². The summed E-state index contributed by atoms with van der Waals surface area (Å²) in [7, 11) is 0. The number of fused-ring (bicyclic) bond motifs is 4. The molecule has 0 radical (unpaired) electrons. The van der Waals surface area contributed by atoms with Crippen LogP contribution in [0.15, 0.2) is 18.2 Å². The zero-order valence-corrected chi connectivity index (χ0v) is 16.0. The highest BCUT2D eigenvalue weighted by Crippen LogP contribution is 2.20. The fraction of sp³-hybridized carbons (Fsp3) is 0.762. The van der Waals surface area contributed by atoms with Crippen molar-refractivity contribution >= 4 is 0 Å². The molecule has 0 aromatic carbocycles. The van der Waals surface area contributed by atoms with E-state index in [1.165, 1.54) is 62.8 Å². The van der Waals surface area contributed by atoms with Crippen molar-refractivity contribution in [2.75, 3.05) is 13.1 Å². The van der Waals surface area contributed by atoms with Gasteiger partial charge in [0, 0.05) is 50.3 Å². The summed E-state index contributed by atoms with van der Waals surface area (Å²) < 4.78 is 0. The van der Waals surface area contributed by atoms with Gasteiger partial charge >= 0.3 is 0 Å². The van der Waals surface area contributed by atoms with Crippen LogP contribution in [0, 0.1) is 0 Å². The Labute approximate surface area is 158 Å². The minimum Gasteiger partial charge on any atom is -0.311 e. The Morgan fingerprint density at radius 2 is 1.04 bits per heavy atom. The Balaban J connectivity index is 1.47. The zero-order valence-electron chi connectivity index (χ0n) is 16.0. The molecule has 5 nitrogen and oxygen atoms in total. The summed E-state index contributed by atoms with van der Waals surface area (Å²) in [6, 6.07) is 8.81. The second-order valence-electron chi connectivity index (χ2n) is 8.29. The number of aromatic nitrogens is 1. The lowest BCUT2D eigenvalue weighted by molar-refractivity contribution is 0.266. The van der Waals surface area contributed by atoms with Crippen molar-refractivity contribution in [3.05, 3.63) is 29.6 Å². The maximum Gasteiger partial charge on any atom is 0.0545 e. The molecule has 0 spiro atoms. The molecule has 2 bridgehead atoms. The Morgan fingerprint density at radius 1 is 0.615 bits per heavy atom. The van der Waals surface area contributed by atoms with Crippen LogP contribution in [0.2, 0.25) is 0 Å². The quantitative estimate of drug-likeness (QED) is 0.573. The molecule has 144 valence electrons. The first-order valence-corrected chi connectivity index (χ1v) is 10.8. The first-order chi connectivity index (χ1) is 12.9. The molecule has 0 saturated heterocycles. The summed E-state index contributed by atoms with van der Waals surface area (Å²) in [4.78, 5) is 4.89. The summed E-state index contributed by atoms with van der Waals surface area (Å²) in [5, 5.41) is 15.2. The summed E-state index contributed by atoms with van der Waals surface area (Å²) in [6.45, 7) is 3.89. The second kappa shape index (κ2) is 9.27. The topological polar surface area (TPSA) is 61.0 Å². The fourth-order valence-corrected chi connectivity index (χ4v) is 4.95. The molecule has 4 atom stereocenters. The van der Waals surface area contributed by atoms with Gasteiger partial charge < -0.3 is 21.3 Å². The van der Waals surface area contributed by atoms with E-state index < -0.39 is 0 Å². The number of nitrogens with one attached hydrogen (secondary N) is 4. The van der Waals surface area contributed by atoms with Gasteiger partial charge in [-0.3, -0.25) is 4.98 Å². The lowest BCUT2D eigenvalue weighted by Gasteiger charge is -2.34. The van der Waals surface area contributed by atoms with Crippen LogP contribution in [0.4, 0.5) is 0 Å².